The highest BCUT2D eigenvalue weighted by Crippen LogP contribution is 2.32. The van der Waals surface area contributed by atoms with Gasteiger partial charge < -0.3 is 9.80 Å². The lowest BCUT2D eigenvalue weighted by molar-refractivity contribution is -0.131. The number of carbonyl (C=O) groups excluding carboxylic acids is 1. The highest BCUT2D eigenvalue weighted by molar-refractivity contribution is 7.89. The van der Waals surface area contributed by atoms with Gasteiger partial charge in [-0.25, -0.2) is 18.1 Å². The Hall–Kier alpha value is -3.82. The maximum atomic E-state index is 13.0. The molecular weight excluding hydrogens is 486 g/mol. The minimum absolute atomic E-state index is 0.149. The van der Waals surface area contributed by atoms with Gasteiger partial charge >= 0.3 is 0 Å². The largest absolute Gasteiger partial charge is 0.359 e. The Morgan fingerprint density at radius 3 is 2.57 bits per heavy atom. The summed E-state index contributed by atoms with van der Waals surface area (Å²) < 4.78 is 28.6. The number of amides is 1. The van der Waals surface area contributed by atoms with Crippen LogP contribution in [0.25, 0.3) is 22.3 Å². The number of pyridine rings is 2. The molecule has 8 nitrogen and oxygen atoms in total. The zero-order chi connectivity index (χ0) is 25.4. The molecule has 37 heavy (non-hydrogen) atoms. The van der Waals surface area contributed by atoms with E-state index in [0.717, 1.165) is 36.2 Å². The molecule has 0 radical (unpaired) electrons. The fourth-order valence-corrected chi connectivity index (χ4v) is 5.84. The molecule has 2 aliphatic rings. The van der Waals surface area contributed by atoms with E-state index in [1.807, 2.05) is 59.5 Å². The topological polar surface area (TPSA) is 95.5 Å². The molecule has 2 aromatic carbocycles. The zero-order valence-electron chi connectivity index (χ0n) is 20.2. The van der Waals surface area contributed by atoms with Crippen LogP contribution in [0, 0.1) is 0 Å². The van der Waals surface area contributed by atoms with E-state index in [4.69, 9.17) is 4.98 Å². The molecule has 188 valence electrons. The molecule has 9 heteroatoms. The second-order valence-electron chi connectivity index (χ2n) is 9.47. The Balaban J connectivity index is 1.28. The minimum atomic E-state index is -3.71. The van der Waals surface area contributed by atoms with Crippen molar-refractivity contribution in [2.24, 2.45) is 0 Å². The van der Waals surface area contributed by atoms with Crippen LogP contribution in [0.2, 0.25) is 0 Å². The SMILES string of the molecule is O=C1CN(c2ccnc3ccc(-c4cccc(S(=O)(=O)NCc5ccccc5)c4)nc23)CCN1C1CC1. The maximum Gasteiger partial charge on any atom is 0.242 e. The molecule has 0 spiro atoms. The van der Waals surface area contributed by atoms with Crippen LogP contribution >= 0.6 is 0 Å². The average Bonchev–Trinajstić information content (AvgIpc) is 3.77. The Labute approximate surface area is 216 Å². The van der Waals surface area contributed by atoms with Gasteiger partial charge in [0.25, 0.3) is 0 Å². The number of fused-ring (bicyclic) bond motifs is 1. The van der Waals surface area contributed by atoms with Crippen LogP contribution in [0.15, 0.2) is 83.9 Å². The predicted octanol–water partition coefficient (Wildman–Crippen LogP) is 3.59. The van der Waals surface area contributed by atoms with Gasteiger partial charge in [-0.15, -0.1) is 0 Å². The van der Waals surface area contributed by atoms with Gasteiger partial charge in [0.15, 0.2) is 0 Å². The summed E-state index contributed by atoms with van der Waals surface area (Å²) in [5.74, 6) is 0.149. The highest BCUT2D eigenvalue weighted by Gasteiger charge is 2.36. The van der Waals surface area contributed by atoms with Gasteiger partial charge in [0, 0.05) is 37.4 Å². The van der Waals surface area contributed by atoms with Crippen LogP contribution in [-0.2, 0) is 21.4 Å². The molecule has 2 fully saturated rings. The molecule has 4 aromatic rings. The van der Waals surface area contributed by atoms with Gasteiger partial charge in [0.05, 0.1) is 28.3 Å². The standard InChI is InChI=1S/C28H27N5O3S/c34-27-19-32(15-16-33(27)22-9-10-22)26-13-14-29-25-12-11-24(31-28(25)26)21-7-4-8-23(17-21)37(35,36)30-18-20-5-2-1-3-6-20/h1-8,11-14,17,22,30H,9-10,15-16,18-19H2. The van der Waals surface area contributed by atoms with Crippen molar-refractivity contribution in [3.8, 4) is 11.3 Å². The number of aromatic nitrogens is 2. The highest BCUT2D eigenvalue weighted by atomic mass is 32.2. The van der Waals surface area contributed by atoms with Gasteiger partial charge in [-0.3, -0.25) is 9.78 Å². The quantitative estimate of drug-likeness (QED) is 0.406. The first-order valence-electron chi connectivity index (χ1n) is 12.4. The number of nitrogens with one attached hydrogen (secondary N) is 1. The summed E-state index contributed by atoms with van der Waals surface area (Å²) in [5, 5.41) is 0. The van der Waals surface area contributed by atoms with Crippen molar-refractivity contribution in [3.63, 3.8) is 0 Å². The number of anilines is 1. The van der Waals surface area contributed by atoms with E-state index >= 15 is 0 Å². The van der Waals surface area contributed by atoms with E-state index in [0.29, 0.717) is 35.9 Å². The monoisotopic (exact) mass is 513 g/mol. The first-order valence-corrected chi connectivity index (χ1v) is 13.9. The van der Waals surface area contributed by atoms with E-state index in [1.165, 1.54) is 0 Å². The molecule has 6 rings (SSSR count). The van der Waals surface area contributed by atoms with Crippen molar-refractivity contribution in [2.75, 3.05) is 24.5 Å². The van der Waals surface area contributed by atoms with Gasteiger partial charge in [-0.1, -0.05) is 42.5 Å². The van der Waals surface area contributed by atoms with E-state index in [1.54, 1.807) is 24.4 Å². The van der Waals surface area contributed by atoms with E-state index in [9.17, 15) is 13.2 Å². The second kappa shape index (κ2) is 9.57. The first kappa shape index (κ1) is 23.6. The first-order chi connectivity index (χ1) is 18.0. The van der Waals surface area contributed by atoms with Crippen LogP contribution in [0.3, 0.4) is 0 Å². The summed E-state index contributed by atoms with van der Waals surface area (Å²) in [5.41, 5.74) is 4.51. The summed E-state index contributed by atoms with van der Waals surface area (Å²) in [7, 11) is -3.71. The Bertz CT molecular complexity index is 1570. The third kappa shape index (κ3) is 4.92. The lowest BCUT2D eigenvalue weighted by Gasteiger charge is -2.36. The number of rotatable bonds is 7. The normalized spacial score (nSPS) is 16.4. The second-order valence-corrected chi connectivity index (χ2v) is 11.2. The number of piperazine rings is 1. The van der Waals surface area contributed by atoms with Gasteiger partial charge in [0.1, 0.15) is 5.52 Å². The summed E-state index contributed by atoms with van der Waals surface area (Å²) >= 11 is 0. The summed E-state index contributed by atoms with van der Waals surface area (Å²) in [6.07, 6.45) is 3.94. The molecule has 0 unspecified atom stereocenters. The van der Waals surface area contributed by atoms with Crippen molar-refractivity contribution in [1.29, 1.82) is 0 Å². The summed E-state index contributed by atoms with van der Waals surface area (Å²) in [4.78, 5) is 26.3. The van der Waals surface area contributed by atoms with E-state index in [2.05, 4.69) is 14.6 Å². The molecule has 0 bridgehead atoms. The molecule has 1 aliphatic carbocycles. The number of sulfonamides is 1. The lowest BCUT2D eigenvalue weighted by atomic mass is 10.1. The molecule has 3 heterocycles. The number of hydrogen-bond donors (Lipinski definition) is 1. The number of hydrogen-bond acceptors (Lipinski definition) is 6. The van der Waals surface area contributed by atoms with Crippen molar-refractivity contribution < 1.29 is 13.2 Å². The average molecular weight is 514 g/mol. The third-order valence-electron chi connectivity index (χ3n) is 6.90. The third-order valence-corrected chi connectivity index (χ3v) is 8.30. The predicted molar refractivity (Wildman–Crippen MR) is 142 cm³/mol. The minimum Gasteiger partial charge on any atom is -0.359 e. The smallest absolute Gasteiger partial charge is 0.242 e. The maximum absolute atomic E-state index is 13.0. The number of nitrogens with zero attached hydrogens (tertiary/aromatic N) is 4. The van der Waals surface area contributed by atoms with Crippen LogP contribution in [0.5, 0.6) is 0 Å². The number of carbonyl (C=O) groups is 1. The lowest BCUT2D eigenvalue weighted by Crippen LogP contribution is -2.51. The summed E-state index contributed by atoms with van der Waals surface area (Å²) in [6.45, 7) is 1.99. The Kier molecular flexibility index (Phi) is 6.10. The van der Waals surface area contributed by atoms with Crippen LogP contribution < -0.4 is 9.62 Å². The van der Waals surface area contributed by atoms with Crippen LogP contribution in [-0.4, -0.2) is 54.9 Å². The molecular formula is C28H27N5O3S. The Morgan fingerprint density at radius 2 is 1.78 bits per heavy atom. The molecule has 1 amide bonds. The van der Waals surface area contributed by atoms with Crippen molar-refractivity contribution in [1.82, 2.24) is 19.6 Å². The molecule has 1 N–H and O–H groups in total. The van der Waals surface area contributed by atoms with Gasteiger partial charge in [-0.2, -0.15) is 0 Å². The fraction of sp³-hybridized carbons (Fsp3) is 0.250. The van der Waals surface area contributed by atoms with Crippen LogP contribution in [0.1, 0.15) is 18.4 Å². The molecule has 1 saturated carbocycles. The van der Waals surface area contributed by atoms with Crippen molar-refractivity contribution in [2.45, 2.75) is 30.3 Å². The van der Waals surface area contributed by atoms with Crippen LogP contribution in [0.4, 0.5) is 5.69 Å². The molecule has 0 atom stereocenters. The van der Waals surface area contributed by atoms with E-state index < -0.39 is 10.0 Å². The molecule has 2 aromatic heterocycles. The van der Waals surface area contributed by atoms with E-state index in [-0.39, 0.29) is 17.3 Å². The van der Waals surface area contributed by atoms with Gasteiger partial charge in [0.2, 0.25) is 15.9 Å². The molecule has 1 saturated heterocycles. The Morgan fingerprint density at radius 1 is 0.946 bits per heavy atom. The van der Waals surface area contributed by atoms with Crippen molar-refractivity contribution in [3.05, 3.63) is 84.6 Å². The fourth-order valence-electron chi connectivity index (χ4n) is 4.77. The van der Waals surface area contributed by atoms with Crippen molar-refractivity contribution >= 4 is 32.7 Å². The molecule has 1 aliphatic heterocycles. The van der Waals surface area contributed by atoms with Gasteiger partial charge in [-0.05, 0) is 48.7 Å². The number of benzene rings is 2. The zero-order valence-corrected chi connectivity index (χ0v) is 21.1. The summed E-state index contributed by atoms with van der Waals surface area (Å²) in [6, 6.07) is 22.2.